The number of aliphatic hydroxyl groups is 2. The lowest BCUT2D eigenvalue weighted by atomic mass is 10.0. The molecule has 0 aliphatic heterocycles. The first kappa shape index (κ1) is 43.9. The van der Waals surface area contributed by atoms with E-state index in [0.717, 1.165) is 38.5 Å². The normalized spacial score (nSPS) is 13.2. The van der Waals surface area contributed by atoms with Crippen LogP contribution in [0.25, 0.3) is 0 Å². The minimum absolute atomic E-state index is 0.0867. The number of hydrogen-bond acceptors (Lipinski definition) is 3. The van der Waals surface area contributed by atoms with Gasteiger partial charge in [-0.2, -0.15) is 0 Å². The van der Waals surface area contributed by atoms with Gasteiger partial charge in [0.2, 0.25) is 5.91 Å². The van der Waals surface area contributed by atoms with E-state index in [-0.39, 0.29) is 12.5 Å². The second-order valence-corrected chi connectivity index (χ2v) is 13.7. The molecule has 0 aliphatic carbocycles. The van der Waals surface area contributed by atoms with Crippen molar-refractivity contribution in [2.75, 3.05) is 6.61 Å². The monoisotopic (exact) mass is 634 g/mol. The fraction of sp³-hybridized carbons (Fsp3) is 0.878. The molecule has 4 nitrogen and oxygen atoms in total. The largest absolute Gasteiger partial charge is 0.394 e. The summed E-state index contributed by atoms with van der Waals surface area (Å²) in [7, 11) is 0. The van der Waals surface area contributed by atoms with Crippen molar-refractivity contribution < 1.29 is 15.0 Å². The van der Waals surface area contributed by atoms with E-state index in [0.29, 0.717) is 6.42 Å². The Morgan fingerprint density at radius 1 is 0.511 bits per heavy atom. The Hall–Kier alpha value is -1.13. The first-order valence-electron chi connectivity index (χ1n) is 20.1. The van der Waals surface area contributed by atoms with Gasteiger partial charge in [-0.25, -0.2) is 0 Å². The summed E-state index contributed by atoms with van der Waals surface area (Å²) in [6.45, 7) is 4.21. The van der Waals surface area contributed by atoms with Crippen LogP contribution in [0.1, 0.15) is 213 Å². The van der Waals surface area contributed by atoms with Gasteiger partial charge in [-0.3, -0.25) is 4.79 Å². The minimum Gasteiger partial charge on any atom is -0.394 e. The molecule has 3 N–H and O–H groups in total. The predicted octanol–water partition coefficient (Wildman–Crippen LogP) is 12.1. The Bertz CT molecular complexity index is 647. The van der Waals surface area contributed by atoms with E-state index in [2.05, 4.69) is 31.3 Å². The van der Waals surface area contributed by atoms with Crippen LogP contribution >= 0.6 is 0 Å². The van der Waals surface area contributed by atoms with E-state index >= 15 is 0 Å². The molecule has 0 fully saturated rings. The standard InChI is InChI=1S/C41H79NO3/c1-3-5-7-9-10-11-12-13-14-15-16-17-18-19-20-21-22-23-24-25-26-27-28-29-30-31-33-34-36-40(44)39(38-43)42-41(45)37-35-32-8-6-4-2/h29-30,34,36,39-40,43-44H,3-28,31-33,35,37-38H2,1-2H3,(H,42,45)/b30-29+,36-34+. The Kier molecular flexibility index (Phi) is 36.4. The van der Waals surface area contributed by atoms with Crippen molar-refractivity contribution in [2.24, 2.45) is 0 Å². The topological polar surface area (TPSA) is 69.6 Å². The lowest BCUT2D eigenvalue weighted by molar-refractivity contribution is -0.123. The average Bonchev–Trinajstić information content (AvgIpc) is 3.04. The molecule has 0 aliphatic rings. The van der Waals surface area contributed by atoms with E-state index in [1.807, 2.05) is 6.08 Å². The van der Waals surface area contributed by atoms with Gasteiger partial charge in [-0.1, -0.05) is 199 Å². The molecule has 0 radical (unpaired) electrons. The van der Waals surface area contributed by atoms with Gasteiger partial charge in [0.05, 0.1) is 18.8 Å². The van der Waals surface area contributed by atoms with Gasteiger partial charge in [0.15, 0.2) is 0 Å². The van der Waals surface area contributed by atoms with E-state index in [4.69, 9.17) is 0 Å². The third-order valence-corrected chi connectivity index (χ3v) is 9.19. The Labute approximate surface area is 281 Å². The molecule has 0 aromatic heterocycles. The van der Waals surface area contributed by atoms with Crippen molar-refractivity contribution in [1.29, 1.82) is 0 Å². The fourth-order valence-electron chi connectivity index (χ4n) is 6.08. The van der Waals surface area contributed by atoms with Gasteiger partial charge in [-0.05, 0) is 32.1 Å². The summed E-state index contributed by atoms with van der Waals surface area (Å²) >= 11 is 0. The van der Waals surface area contributed by atoms with Crippen molar-refractivity contribution >= 4 is 5.91 Å². The van der Waals surface area contributed by atoms with Gasteiger partial charge in [0.1, 0.15) is 0 Å². The minimum atomic E-state index is -0.855. The third-order valence-electron chi connectivity index (χ3n) is 9.19. The zero-order valence-corrected chi connectivity index (χ0v) is 30.4. The predicted molar refractivity (Wildman–Crippen MR) is 198 cm³/mol. The first-order chi connectivity index (χ1) is 22.2. The third kappa shape index (κ3) is 34.0. The molecule has 45 heavy (non-hydrogen) atoms. The zero-order chi connectivity index (χ0) is 32.9. The van der Waals surface area contributed by atoms with Gasteiger partial charge in [-0.15, -0.1) is 0 Å². The Balaban J connectivity index is 3.44. The van der Waals surface area contributed by atoms with Gasteiger partial charge >= 0.3 is 0 Å². The van der Waals surface area contributed by atoms with Gasteiger partial charge < -0.3 is 15.5 Å². The summed E-state index contributed by atoms with van der Waals surface area (Å²) in [5.74, 6) is -0.0867. The summed E-state index contributed by atoms with van der Waals surface area (Å²) in [5.41, 5.74) is 0. The quantitative estimate of drug-likeness (QED) is 0.0475. The van der Waals surface area contributed by atoms with Crippen LogP contribution in [-0.4, -0.2) is 34.9 Å². The van der Waals surface area contributed by atoms with Gasteiger partial charge in [0.25, 0.3) is 0 Å². The number of hydrogen-bond donors (Lipinski definition) is 3. The second-order valence-electron chi connectivity index (χ2n) is 13.7. The number of allylic oxidation sites excluding steroid dienone is 3. The van der Waals surface area contributed by atoms with E-state index < -0.39 is 12.1 Å². The lowest BCUT2D eigenvalue weighted by Crippen LogP contribution is -2.45. The van der Waals surface area contributed by atoms with Crippen molar-refractivity contribution in [1.82, 2.24) is 5.32 Å². The highest BCUT2D eigenvalue weighted by atomic mass is 16.3. The smallest absolute Gasteiger partial charge is 0.220 e. The molecule has 0 saturated heterocycles. The molecule has 0 spiro atoms. The van der Waals surface area contributed by atoms with Crippen LogP contribution < -0.4 is 5.32 Å². The summed E-state index contributed by atoms with van der Waals surface area (Å²) in [6, 6.07) is -0.631. The highest BCUT2D eigenvalue weighted by molar-refractivity contribution is 5.76. The SMILES string of the molecule is CCCCCCCCCCCCCCCCCCCCCCCC/C=C/CC/C=C/C(O)C(CO)NC(=O)CCCCCCC. The molecule has 0 rings (SSSR count). The number of carbonyl (C=O) groups excluding carboxylic acids is 1. The van der Waals surface area contributed by atoms with E-state index in [1.54, 1.807) is 6.08 Å². The number of amides is 1. The van der Waals surface area contributed by atoms with Crippen LogP contribution in [-0.2, 0) is 4.79 Å². The lowest BCUT2D eigenvalue weighted by Gasteiger charge is -2.19. The van der Waals surface area contributed by atoms with Crippen molar-refractivity contribution in [3.8, 4) is 0 Å². The molecule has 0 saturated carbocycles. The van der Waals surface area contributed by atoms with Crippen LogP contribution in [0.4, 0.5) is 0 Å². The highest BCUT2D eigenvalue weighted by Gasteiger charge is 2.17. The molecule has 0 aromatic rings. The molecule has 4 heteroatoms. The van der Waals surface area contributed by atoms with E-state index in [1.165, 1.54) is 154 Å². The molecule has 266 valence electrons. The number of nitrogens with one attached hydrogen (secondary N) is 1. The molecule has 2 atom stereocenters. The highest BCUT2D eigenvalue weighted by Crippen LogP contribution is 2.15. The Morgan fingerprint density at radius 2 is 0.867 bits per heavy atom. The Morgan fingerprint density at radius 3 is 1.29 bits per heavy atom. The van der Waals surface area contributed by atoms with Crippen LogP contribution in [0.15, 0.2) is 24.3 Å². The maximum atomic E-state index is 12.1. The van der Waals surface area contributed by atoms with Gasteiger partial charge in [0, 0.05) is 6.42 Å². The number of unbranched alkanes of at least 4 members (excludes halogenated alkanes) is 27. The van der Waals surface area contributed by atoms with Crippen LogP contribution in [0.2, 0.25) is 0 Å². The first-order valence-corrected chi connectivity index (χ1v) is 20.1. The summed E-state index contributed by atoms with van der Waals surface area (Å²) in [5, 5.41) is 22.7. The second kappa shape index (κ2) is 37.3. The average molecular weight is 634 g/mol. The molecule has 2 unspecified atom stereocenters. The summed E-state index contributed by atoms with van der Waals surface area (Å²) in [4.78, 5) is 12.1. The van der Waals surface area contributed by atoms with Crippen molar-refractivity contribution in [2.45, 2.75) is 225 Å². The zero-order valence-electron chi connectivity index (χ0n) is 30.4. The van der Waals surface area contributed by atoms with E-state index in [9.17, 15) is 15.0 Å². The number of rotatable bonds is 36. The van der Waals surface area contributed by atoms with Crippen molar-refractivity contribution in [3.05, 3.63) is 24.3 Å². The fourth-order valence-corrected chi connectivity index (χ4v) is 6.08. The maximum Gasteiger partial charge on any atom is 0.220 e. The number of carbonyl (C=O) groups is 1. The summed E-state index contributed by atoms with van der Waals surface area (Å²) < 4.78 is 0. The van der Waals surface area contributed by atoms with Crippen LogP contribution in [0.3, 0.4) is 0 Å². The van der Waals surface area contributed by atoms with Crippen LogP contribution in [0.5, 0.6) is 0 Å². The molecular weight excluding hydrogens is 554 g/mol. The molecule has 1 amide bonds. The van der Waals surface area contributed by atoms with Crippen LogP contribution in [0, 0.1) is 0 Å². The number of aliphatic hydroxyl groups excluding tert-OH is 2. The molecule has 0 heterocycles. The van der Waals surface area contributed by atoms with Crippen molar-refractivity contribution in [3.63, 3.8) is 0 Å². The molecule has 0 bridgehead atoms. The molecule has 0 aromatic carbocycles. The maximum absolute atomic E-state index is 12.1. The molecular formula is C41H79NO3. The summed E-state index contributed by atoms with van der Waals surface area (Å²) in [6.07, 6.45) is 47.6.